The molecule has 0 fully saturated rings. The molecule has 0 amide bonds. The summed E-state index contributed by atoms with van der Waals surface area (Å²) in [5.41, 5.74) is 2.23. The van der Waals surface area contributed by atoms with Crippen LogP contribution in [-0.4, -0.2) is 19.9 Å². The normalized spacial score (nSPS) is 17.9. The fourth-order valence-corrected chi connectivity index (χ4v) is 2.57. The SMILES string of the molecule is Cc1nnc(COc2ccc3c(c2)[C@H](O)CCC3)n1C. The van der Waals surface area contributed by atoms with Crippen LogP contribution in [0.2, 0.25) is 0 Å². The van der Waals surface area contributed by atoms with Gasteiger partial charge in [0, 0.05) is 7.05 Å². The zero-order valence-corrected chi connectivity index (χ0v) is 11.8. The van der Waals surface area contributed by atoms with E-state index in [0.717, 1.165) is 42.2 Å². The predicted molar refractivity (Wildman–Crippen MR) is 74.4 cm³/mol. The maximum atomic E-state index is 10.0. The number of rotatable bonds is 3. The van der Waals surface area contributed by atoms with Gasteiger partial charge >= 0.3 is 0 Å². The van der Waals surface area contributed by atoms with Crippen LogP contribution in [0.25, 0.3) is 0 Å². The fraction of sp³-hybridized carbons (Fsp3) is 0.467. The van der Waals surface area contributed by atoms with E-state index in [4.69, 9.17) is 4.74 Å². The number of ether oxygens (including phenoxy) is 1. The van der Waals surface area contributed by atoms with Gasteiger partial charge in [0.2, 0.25) is 0 Å². The number of aliphatic hydroxyl groups is 1. The molecule has 0 unspecified atom stereocenters. The number of benzene rings is 1. The van der Waals surface area contributed by atoms with Gasteiger partial charge in [0.15, 0.2) is 5.82 Å². The summed E-state index contributed by atoms with van der Waals surface area (Å²) in [6.45, 7) is 2.29. The van der Waals surface area contributed by atoms with Gasteiger partial charge in [-0.2, -0.15) is 0 Å². The summed E-state index contributed by atoms with van der Waals surface area (Å²) in [4.78, 5) is 0. The lowest BCUT2D eigenvalue weighted by Crippen LogP contribution is -2.10. The summed E-state index contributed by atoms with van der Waals surface area (Å²) in [7, 11) is 1.92. The van der Waals surface area contributed by atoms with Crippen molar-refractivity contribution >= 4 is 0 Å². The van der Waals surface area contributed by atoms with Gasteiger partial charge < -0.3 is 14.4 Å². The number of aromatic nitrogens is 3. The van der Waals surface area contributed by atoms with Gasteiger partial charge in [-0.05, 0) is 49.4 Å². The van der Waals surface area contributed by atoms with Crippen LogP contribution in [0.5, 0.6) is 5.75 Å². The van der Waals surface area contributed by atoms with E-state index in [1.165, 1.54) is 5.56 Å². The summed E-state index contributed by atoms with van der Waals surface area (Å²) in [5.74, 6) is 2.43. The Morgan fingerprint density at radius 1 is 1.40 bits per heavy atom. The van der Waals surface area contributed by atoms with E-state index in [2.05, 4.69) is 16.3 Å². The van der Waals surface area contributed by atoms with Crippen molar-refractivity contribution in [2.45, 2.75) is 38.9 Å². The van der Waals surface area contributed by atoms with Crippen molar-refractivity contribution in [3.63, 3.8) is 0 Å². The third kappa shape index (κ3) is 2.41. The first-order valence-corrected chi connectivity index (χ1v) is 6.93. The van der Waals surface area contributed by atoms with E-state index in [0.29, 0.717) is 6.61 Å². The molecule has 1 aromatic heterocycles. The predicted octanol–water partition coefficient (Wildman–Crippen LogP) is 2.07. The molecule has 0 aliphatic heterocycles. The molecule has 20 heavy (non-hydrogen) atoms. The lowest BCUT2D eigenvalue weighted by Gasteiger charge is -2.21. The lowest BCUT2D eigenvalue weighted by atomic mass is 9.89. The lowest BCUT2D eigenvalue weighted by molar-refractivity contribution is 0.156. The molecule has 2 aromatic rings. The molecule has 106 valence electrons. The second-order valence-electron chi connectivity index (χ2n) is 5.28. The average Bonchev–Trinajstić information content (AvgIpc) is 2.77. The van der Waals surface area contributed by atoms with Crippen molar-refractivity contribution in [1.29, 1.82) is 0 Å². The molecule has 0 saturated heterocycles. The molecule has 0 radical (unpaired) electrons. The zero-order chi connectivity index (χ0) is 14.1. The van der Waals surface area contributed by atoms with Crippen LogP contribution in [-0.2, 0) is 20.1 Å². The highest BCUT2D eigenvalue weighted by Gasteiger charge is 2.18. The Kier molecular flexibility index (Phi) is 3.44. The highest BCUT2D eigenvalue weighted by molar-refractivity contribution is 5.38. The summed E-state index contributed by atoms with van der Waals surface area (Å²) in [6, 6.07) is 5.96. The third-order valence-corrected chi connectivity index (χ3v) is 3.95. The maximum absolute atomic E-state index is 10.0. The Hall–Kier alpha value is -1.88. The fourth-order valence-electron chi connectivity index (χ4n) is 2.57. The van der Waals surface area contributed by atoms with Crippen molar-refractivity contribution in [3.05, 3.63) is 41.0 Å². The molecule has 1 aliphatic rings. The molecule has 1 N–H and O–H groups in total. The highest BCUT2D eigenvalue weighted by Crippen LogP contribution is 2.32. The molecule has 1 aliphatic carbocycles. The van der Waals surface area contributed by atoms with Gasteiger partial charge in [0.25, 0.3) is 0 Å². The Labute approximate surface area is 118 Å². The maximum Gasteiger partial charge on any atom is 0.170 e. The first-order chi connectivity index (χ1) is 9.65. The van der Waals surface area contributed by atoms with Gasteiger partial charge in [-0.25, -0.2) is 0 Å². The number of hydrogen-bond donors (Lipinski definition) is 1. The smallest absolute Gasteiger partial charge is 0.170 e. The number of aryl methyl sites for hydroxylation is 2. The molecule has 5 nitrogen and oxygen atoms in total. The van der Waals surface area contributed by atoms with Crippen LogP contribution >= 0.6 is 0 Å². The van der Waals surface area contributed by atoms with Gasteiger partial charge in [-0.15, -0.1) is 10.2 Å². The third-order valence-electron chi connectivity index (χ3n) is 3.95. The number of hydrogen-bond acceptors (Lipinski definition) is 4. The second kappa shape index (κ2) is 5.25. The minimum Gasteiger partial charge on any atom is -0.486 e. The molecular formula is C15H19N3O2. The minimum absolute atomic E-state index is 0.362. The minimum atomic E-state index is -0.362. The average molecular weight is 273 g/mol. The van der Waals surface area contributed by atoms with Crippen LogP contribution < -0.4 is 4.74 Å². The van der Waals surface area contributed by atoms with E-state index in [9.17, 15) is 5.11 Å². The monoisotopic (exact) mass is 273 g/mol. The van der Waals surface area contributed by atoms with Crippen LogP contribution in [0.1, 0.15) is 41.7 Å². The number of nitrogens with zero attached hydrogens (tertiary/aromatic N) is 3. The van der Waals surface area contributed by atoms with E-state index >= 15 is 0 Å². The quantitative estimate of drug-likeness (QED) is 0.930. The molecule has 1 atom stereocenters. The highest BCUT2D eigenvalue weighted by atomic mass is 16.5. The van der Waals surface area contributed by atoms with E-state index in [1.54, 1.807) is 0 Å². The zero-order valence-electron chi connectivity index (χ0n) is 11.8. The van der Waals surface area contributed by atoms with Crippen molar-refractivity contribution in [2.75, 3.05) is 0 Å². The largest absolute Gasteiger partial charge is 0.486 e. The van der Waals surface area contributed by atoms with Gasteiger partial charge in [-0.1, -0.05) is 6.07 Å². The molecule has 0 saturated carbocycles. The van der Waals surface area contributed by atoms with Crippen molar-refractivity contribution in [3.8, 4) is 5.75 Å². The first-order valence-electron chi connectivity index (χ1n) is 6.93. The molecule has 5 heteroatoms. The van der Waals surface area contributed by atoms with Gasteiger partial charge in [0.1, 0.15) is 18.2 Å². The molecule has 0 bridgehead atoms. The van der Waals surface area contributed by atoms with E-state index in [1.807, 2.05) is 30.7 Å². The van der Waals surface area contributed by atoms with Gasteiger partial charge in [-0.3, -0.25) is 0 Å². The first kappa shape index (κ1) is 13.1. The standard InChI is InChI=1S/C15H19N3O2/c1-10-16-17-15(18(10)2)9-20-12-7-6-11-4-3-5-14(19)13(11)8-12/h6-8,14,19H,3-5,9H2,1-2H3/t14-/m1/s1. The number of aliphatic hydroxyl groups excluding tert-OH is 1. The summed E-state index contributed by atoms with van der Waals surface area (Å²) in [6.07, 6.45) is 2.56. The Morgan fingerprint density at radius 3 is 3.00 bits per heavy atom. The molecule has 3 rings (SSSR count). The van der Waals surface area contributed by atoms with Crippen LogP contribution in [0.4, 0.5) is 0 Å². The molecule has 1 aromatic carbocycles. The summed E-state index contributed by atoms with van der Waals surface area (Å²) in [5, 5.41) is 18.1. The van der Waals surface area contributed by atoms with Crippen molar-refractivity contribution in [2.24, 2.45) is 7.05 Å². The topological polar surface area (TPSA) is 60.2 Å². The Bertz CT molecular complexity index is 622. The second-order valence-corrected chi connectivity index (χ2v) is 5.28. The van der Waals surface area contributed by atoms with Crippen molar-refractivity contribution in [1.82, 2.24) is 14.8 Å². The van der Waals surface area contributed by atoms with Gasteiger partial charge in [0.05, 0.1) is 6.10 Å². The Balaban J connectivity index is 1.75. The summed E-state index contributed by atoms with van der Waals surface area (Å²) < 4.78 is 7.68. The van der Waals surface area contributed by atoms with Crippen LogP contribution in [0, 0.1) is 6.92 Å². The van der Waals surface area contributed by atoms with Crippen LogP contribution in [0.15, 0.2) is 18.2 Å². The Morgan fingerprint density at radius 2 is 2.25 bits per heavy atom. The summed E-state index contributed by atoms with van der Waals surface area (Å²) >= 11 is 0. The molecule has 0 spiro atoms. The van der Waals surface area contributed by atoms with E-state index in [-0.39, 0.29) is 6.10 Å². The van der Waals surface area contributed by atoms with Crippen LogP contribution in [0.3, 0.4) is 0 Å². The molecular weight excluding hydrogens is 254 g/mol. The van der Waals surface area contributed by atoms with E-state index < -0.39 is 0 Å². The van der Waals surface area contributed by atoms with Crippen molar-refractivity contribution < 1.29 is 9.84 Å². The number of fused-ring (bicyclic) bond motifs is 1. The molecule has 1 heterocycles.